The smallest absolute Gasteiger partial charge is 0.244 e. The van der Waals surface area contributed by atoms with Gasteiger partial charge in [-0.1, -0.05) is 0 Å². The maximum Gasteiger partial charge on any atom is 0.244 e. The summed E-state index contributed by atoms with van der Waals surface area (Å²) in [6.07, 6.45) is 3.44. The van der Waals surface area contributed by atoms with Crippen molar-refractivity contribution in [1.82, 2.24) is 20.1 Å². The third-order valence-corrected chi connectivity index (χ3v) is 4.05. The molecule has 2 aliphatic heterocycles. The molecule has 0 aromatic carbocycles. The molecule has 0 bridgehead atoms. The molecule has 1 aromatic heterocycles. The van der Waals surface area contributed by atoms with E-state index in [2.05, 4.69) is 30.3 Å². The van der Waals surface area contributed by atoms with E-state index in [1.54, 1.807) is 6.20 Å². The quantitative estimate of drug-likeness (QED) is 0.826. The highest BCUT2D eigenvalue weighted by atomic mass is 16.7. The second-order valence-corrected chi connectivity index (χ2v) is 5.96. The maximum absolute atomic E-state index is 5.75. The Balaban J connectivity index is 1.56. The van der Waals surface area contributed by atoms with Gasteiger partial charge in [-0.25, -0.2) is 0 Å². The molecule has 22 heavy (non-hydrogen) atoms. The van der Waals surface area contributed by atoms with E-state index in [0.29, 0.717) is 19.2 Å². The number of hydrogen-bond donors (Lipinski definition) is 1. The van der Waals surface area contributed by atoms with Crippen LogP contribution in [0.25, 0.3) is 0 Å². The summed E-state index contributed by atoms with van der Waals surface area (Å²) in [6.45, 7) is 4.84. The van der Waals surface area contributed by atoms with E-state index in [1.807, 2.05) is 14.1 Å². The molecule has 1 N–H and O–H groups in total. The van der Waals surface area contributed by atoms with Crippen LogP contribution in [0, 0.1) is 0 Å². The zero-order valence-corrected chi connectivity index (χ0v) is 13.3. The topological polar surface area (TPSA) is 75.6 Å². The van der Waals surface area contributed by atoms with Crippen LogP contribution in [0.2, 0.25) is 0 Å². The minimum absolute atomic E-state index is 0.357. The summed E-state index contributed by atoms with van der Waals surface area (Å²) in [7, 11) is 4.07. The molecule has 1 aromatic rings. The summed E-state index contributed by atoms with van der Waals surface area (Å²) in [5.41, 5.74) is 0. The zero-order chi connectivity index (χ0) is 15.4. The Bertz CT molecular complexity index is 482. The molecular weight excluding hydrogens is 284 g/mol. The number of likely N-dealkylation sites (N-methyl/N-ethyl adjacent to an activating group) is 1. The Morgan fingerprint density at radius 2 is 2.00 bits per heavy atom. The fourth-order valence-electron chi connectivity index (χ4n) is 2.78. The summed E-state index contributed by atoms with van der Waals surface area (Å²) >= 11 is 0. The lowest BCUT2D eigenvalue weighted by Crippen LogP contribution is -2.45. The number of ether oxygens (including phenoxy) is 2. The maximum atomic E-state index is 5.75. The van der Waals surface area contributed by atoms with Crippen LogP contribution < -0.4 is 10.2 Å². The number of piperidine rings is 1. The van der Waals surface area contributed by atoms with Gasteiger partial charge < -0.3 is 24.6 Å². The molecule has 1 spiro atoms. The summed E-state index contributed by atoms with van der Waals surface area (Å²) in [6, 6.07) is 0. The van der Waals surface area contributed by atoms with Crippen molar-refractivity contribution >= 4 is 11.8 Å². The van der Waals surface area contributed by atoms with Crippen LogP contribution in [0.15, 0.2) is 6.20 Å². The van der Waals surface area contributed by atoms with Crippen LogP contribution in [0.4, 0.5) is 11.8 Å². The van der Waals surface area contributed by atoms with Crippen LogP contribution in [0.5, 0.6) is 0 Å². The zero-order valence-electron chi connectivity index (χ0n) is 13.3. The SMILES string of the molecule is CN(C)CCNc1nncc(N2CCC3(CC2)OCCO3)n1. The summed E-state index contributed by atoms with van der Waals surface area (Å²) in [5, 5.41) is 11.3. The van der Waals surface area contributed by atoms with Gasteiger partial charge in [-0.3, -0.25) is 0 Å². The summed E-state index contributed by atoms with van der Waals surface area (Å²) < 4.78 is 11.5. The molecule has 122 valence electrons. The highest BCUT2D eigenvalue weighted by molar-refractivity contribution is 5.40. The Morgan fingerprint density at radius 3 is 2.68 bits per heavy atom. The van der Waals surface area contributed by atoms with Crippen LogP contribution >= 0.6 is 0 Å². The molecule has 2 saturated heterocycles. The highest BCUT2D eigenvalue weighted by Crippen LogP contribution is 2.32. The van der Waals surface area contributed by atoms with Gasteiger partial charge in [-0.2, -0.15) is 10.1 Å². The predicted molar refractivity (Wildman–Crippen MR) is 83.0 cm³/mol. The fraction of sp³-hybridized carbons (Fsp3) is 0.786. The monoisotopic (exact) mass is 308 g/mol. The van der Waals surface area contributed by atoms with Gasteiger partial charge in [0.2, 0.25) is 5.95 Å². The minimum Gasteiger partial charge on any atom is -0.355 e. The van der Waals surface area contributed by atoms with Gasteiger partial charge >= 0.3 is 0 Å². The minimum atomic E-state index is -0.357. The number of rotatable bonds is 5. The largest absolute Gasteiger partial charge is 0.355 e. The molecule has 3 heterocycles. The first kappa shape index (κ1) is 15.4. The van der Waals surface area contributed by atoms with E-state index in [9.17, 15) is 0 Å². The molecule has 0 aliphatic carbocycles. The average Bonchev–Trinajstić information content (AvgIpc) is 2.96. The molecule has 0 amide bonds. The first-order valence-electron chi connectivity index (χ1n) is 7.78. The lowest BCUT2D eigenvalue weighted by Gasteiger charge is -2.37. The van der Waals surface area contributed by atoms with Crippen LogP contribution in [0.3, 0.4) is 0 Å². The average molecular weight is 308 g/mol. The Kier molecular flexibility index (Phi) is 4.70. The molecule has 0 saturated carbocycles. The molecule has 3 rings (SSSR count). The van der Waals surface area contributed by atoms with E-state index < -0.39 is 0 Å². The molecular formula is C14H24N6O2. The van der Waals surface area contributed by atoms with Crippen molar-refractivity contribution in [2.45, 2.75) is 18.6 Å². The van der Waals surface area contributed by atoms with Crippen molar-refractivity contribution in [3.63, 3.8) is 0 Å². The Hall–Kier alpha value is -1.51. The van der Waals surface area contributed by atoms with Crippen molar-refractivity contribution in [3.8, 4) is 0 Å². The van der Waals surface area contributed by atoms with Gasteiger partial charge in [0.1, 0.15) is 0 Å². The fourth-order valence-corrected chi connectivity index (χ4v) is 2.78. The van der Waals surface area contributed by atoms with Crippen molar-refractivity contribution in [2.24, 2.45) is 0 Å². The number of anilines is 2. The first-order chi connectivity index (χ1) is 10.7. The molecule has 2 fully saturated rings. The molecule has 8 nitrogen and oxygen atoms in total. The molecule has 0 radical (unpaired) electrons. The van der Waals surface area contributed by atoms with Crippen LogP contribution in [-0.4, -0.2) is 79.4 Å². The van der Waals surface area contributed by atoms with Crippen molar-refractivity contribution in [2.75, 3.05) is 63.7 Å². The number of hydrogen-bond acceptors (Lipinski definition) is 8. The predicted octanol–water partition coefficient (Wildman–Crippen LogP) is 0.188. The molecule has 0 unspecified atom stereocenters. The molecule has 8 heteroatoms. The Labute approximate surface area is 130 Å². The standard InChI is InChI=1S/C14H24N6O2/c1-19(2)8-5-15-13-17-12(11-16-18-13)20-6-3-14(4-7-20)21-9-10-22-14/h11H,3-10H2,1-2H3,(H,15,17,18). The van der Waals surface area contributed by atoms with Crippen LogP contribution in [-0.2, 0) is 9.47 Å². The first-order valence-corrected chi connectivity index (χ1v) is 7.78. The van der Waals surface area contributed by atoms with E-state index in [0.717, 1.165) is 44.8 Å². The van der Waals surface area contributed by atoms with E-state index >= 15 is 0 Å². The molecule has 0 atom stereocenters. The molecule has 2 aliphatic rings. The van der Waals surface area contributed by atoms with Gasteiger partial charge in [0.15, 0.2) is 11.6 Å². The normalized spacial score (nSPS) is 20.8. The second-order valence-electron chi connectivity index (χ2n) is 5.96. The summed E-state index contributed by atoms with van der Waals surface area (Å²) in [5.74, 6) is 1.08. The lowest BCUT2D eigenvalue weighted by molar-refractivity contribution is -0.169. The van der Waals surface area contributed by atoms with Crippen molar-refractivity contribution in [3.05, 3.63) is 6.20 Å². The van der Waals surface area contributed by atoms with E-state index in [1.165, 1.54) is 0 Å². The lowest BCUT2D eigenvalue weighted by atomic mass is 10.0. The summed E-state index contributed by atoms with van der Waals surface area (Å²) in [4.78, 5) is 8.87. The van der Waals surface area contributed by atoms with Gasteiger partial charge in [0.05, 0.1) is 19.4 Å². The van der Waals surface area contributed by atoms with E-state index in [-0.39, 0.29) is 5.79 Å². The van der Waals surface area contributed by atoms with Crippen LogP contribution in [0.1, 0.15) is 12.8 Å². The van der Waals surface area contributed by atoms with E-state index in [4.69, 9.17) is 9.47 Å². The van der Waals surface area contributed by atoms with Crippen molar-refractivity contribution < 1.29 is 9.47 Å². The third kappa shape index (κ3) is 3.63. The van der Waals surface area contributed by atoms with Crippen molar-refractivity contribution in [1.29, 1.82) is 0 Å². The number of nitrogens with zero attached hydrogens (tertiary/aromatic N) is 5. The van der Waals surface area contributed by atoms with Gasteiger partial charge in [-0.05, 0) is 14.1 Å². The third-order valence-electron chi connectivity index (χ3n) is 4.05. The van der Waals surface area contributed by atoms with Gasteiger partial charge in [0, 0.05) is 39.0 Å². The Morgan fingerprint density at radius 1 is 1.27 bits per heavy atom. The number of aromatic nitrogens is 3. The van der Waals surface area contributed by atoms with Gasteiger partial charge in [-0.15, -0.1) is 5.10 Å². The number of nitrogens with one attached hydrogen (secondary N) is 1. The second kappa shape index (κ2) is 6.72. The highest BCUT2D eigenvalue weighted by Gasteiger charge is 2.40. The van der Waals surface area contributed by atoms with Gasteiger partial charge in [0.25, 0.3) is 0 Å².